The summed E-state index contributed by atoms with van der Waals surface area (Å²) in [6.07, 6.45) is 0. The van der Waals surface area contributed by atoms with E-state index in [1.807, 2.05) is 32.3 Å². The fourth-order valence-corrected chi connectivity index (χ4v) is 2.07. The summed E-state index contributed by atoms with van der Waals surface area (Å²) < 4.78 is 6.99. The largest absolute Gasteiger partial charge is 0.421 e. The molecule has 0 unspecified atom stereocenters. The maximum Gasteiger partial charge on any atom is 0.366 e. The monoisotopic (exact) mass is 294 g/mol. The Kier molecular flexibility index (Phi) is 4.06. The van der Waals surface area contributed by atoms with Crippen molar-refractivity contribution in [2.75, 3.05) is 20.6 Å². The molecule has 0 spiro atoms. The van der Waals surface area contributed by atoms with E-state index in [1.54, 1.807) is 10.7 Å². The Balaban J connectivity index is 0.00000147. The van der Waals surface area contributed by atoms with Crippen LogP contribution in [0, 0.1) is 0 Å². The van der Waals surface area contributed by atoms with Crippen molar-refractivity contribution in [3.8, 4) is 0 Å². The number of likely N-dealkylation sites (N-methyl/N-ethyl adjacent to an activating group) is 1. The molecule has 0 atom stereocenters. The molecule has 0 saturated carbocycles. The van der Waals surface area contributed by atoms with Crippen molar-refractivity contribution in [3.05, 3.63) is 34.7 Å². The molecule has 0 aliphatic carbocycles. The number of nitrogens with zero attached hydrogens (tertiary/aromatic N) is 4. The molecule has 0 N–H and O–H groups in total. The van der Waals surface area contributed by atoms with E-state index in [0.717, 1.165) is 17.4 Å². The van der Waals surface area contributed by atoms with E-state index in [0.29, 0.717) is 12.1 Å². The Morgan fingerprint density at radius 1 is 1.30 bits per heavy atom. The Labute approximate surface area is 121 Å². The van der Waals surface area contributed by atoms with Gasteiger partial charge in [-0.05, 0) is 26.2 Å². The lowest BCUT2D eigenvalue weighted by Crippen LogP contribution is -2.19. The summed E-state index contributed by atoms with van der Waals surface area (Å²) in [5.41, 5.74) is 1.16. The third-order valence-electron chi connectivity index (χ3n) is 3.03. The van der Waals surface area contributed by atoms with Crippen LogP contribution in [-0.4, -0.2) is 40.5 Å². The van der Waals surface area contributed by atoms with Gasteiger partial charge in [0.2, 0.25) is 0 Å². The van der Waals surface area contributed by atoms with Gasteiger partial charge in [-0.3, -0.25) is 0 Å². The minimum atomic E-state index is -0.440. The predicted octanol–water partition coefficient (Wildman–Crippen LogP) is 1.52. The number of fused-ring (bicyclic) bond motifs is 3. The Morgan fingerprint density at radius 2 is 2.05 bits per heavy atom. The van der Waals surface area contributed by atoms with Crippen LogP contribution in [0.1, 0.15) is 0 Å². The second-order valence-electron chi connectivity index (χ2n) is 4.70. The highest BCUT2D eigenvalue weighted by Crippen LogP contribution is 2.20. The molecule has 0 saturated heterocycles. The van der Waals surface area contributed by atoms with E-state index < -0.39 is 5.63 Å². The molecule has 2 aromatic heterocycles. The van der Waals surface area contributed by atoms with Gasteiger partial charge in [0.05, 0.1) is 6.54 Å². The standard InChI is InChI=1S/C13H14N4O2.ClH/c1-16(2)7-8-17-12-9-5-3-4-6-10(9)19-13(18)11(12)14-15-17;/h3-6H,7-8H2,1-2H3;1H. The van der Waals surface area contributed by atoms with E-state index in [4.69, 9.17) is 4.42 Å². The number of benzene rings is 1. The highest BCUT2D eigenvalue weighted by atomic mass is 35.5. The Morgan fingerprint density at radius 3 is 2.80 bits per heavy atom. The van der Waals surface area contributed by atoms with E-state index in [-0.39, 0.29) is 17.9 Å². The molecule has 106 valence electrons. The van der Waals surface area contributed by atoms with E-state index in [2.05, 4.69) is 15.2 Å². The van der Waals surface area contributed by atoms with Crippen LogP contribution in [0.2, 0.25) is 0 Å². The van der Waals surface area contributed by atoms with Gasteiger partial charge < -0.3 is 9.32 Å². The van der Waals surface area contributed by atoms with E-state index in [1.165, 1.54) is 0 Å². The van der Waals surface area contributed by atoms with Gasteiger partial charge >= 0.3 is 5.63 Å². The molecule has 2 heterocycles. The van der Waals surface area contributed by atoms with Gasteiger partial charge in [-0.1, -0.05) is 17.3 Å². The first kappa shape index (κ1) is 14.5. The van der Waals surface area contributed by atoms with Crippen LogP contribution in [0.5, 0.6) is 0 Å². The first-order valence-corrected chi connectivity index (χ1v) is 6.06. The lowest BCUT2D eigenvalue weighted by atomic mass is 10.2. The molecular weight excluding hydrogens is 280 g/mol. The van der Waals surface area contributed by atoms with Crippen LogP contribution in [0.15, 0.2) is 33.5 Å². The van der Waals surface area contributed by atoms with Gasteiger partial charge in [0.25, 0.3) is 0 Å². The number of hydrogen-bond acceptors (Lipinski definition) is 5. The maximum absolute atomic E-state index is 11.9. The zero-order valence-electron chi connectivity index (χ0n) is 11.2. The molecule has 0 aliphatic heterocycles. The van der Waals surface area contributed by atoms with Crippen molar-refractivity contribution in [3.63, 3.8) is 0 Å². The quantitative estimate of drug-likeness (QED) is 0.685. The van der Waals surface area contributed by atoms with Crippen LogP contribution < -0.4 is 5.63 Å². The first-order chi connectivity index (χ1) is 9.16. The molecule has 3 rings (SSSR count). The topological polar surface area (TPSA) is 64.2 Å². The Hall–Kier alpha value is -1.92. The Bertz CT molecular complexity index is 794. The highest BCUT2D eigenvalue weighted by Gasteiger charge is 2.14. The van der Waals surface area contributed by atoms with Gasteiger partial charge in [-0.25, -0.2) is 9.48 Å². The molecule has 0 radical (unpaired) electrons. The summed E-state index contributed by atoms with van der Waals surface area (Å²) in [5.74, 6) is 0. The second-order valence-corrected chi connectivity index (χ2v) is 4.70. The second kappa shape index (κ2) is 5.60. The fraction of sp³-hybridized carbons (Fsp3) is 0.308. The van der Waals surface area contributed by atoms with Crippen LogP contribution in [-0.2, 0) is 6.54 Å². The average Bonchev–Trinajstić information content (AvgIpc) is 2.81. The third kappa shape index (κ3) is 2.39. The van der Waals surface area contributed by atoms with Crippen LogP contribution in [0.3, 0.4) is 0 Å². The molecule has 3 aromatic rings. The molecule has 0 bridgehead atoms. The average molecular weight is 295 g/mol. The lowest BCUT2D eigenvalue weighted by molar-refractivity contribution is 0.374. The molecule has 0 fully saturated rings. The number of halogens is 1. The van der Waals surface area contributed by atoms with Crippen molar-refractivity contribution in [2.45, 2.75) is 6.54 Å². The van der Waals surface area contributed by atoms with Crippen molar-refractivity contribution in [1.82, 2.24) is 19.9 Å². The number of rotatable bonds is 3. The first-order valence-electron chi connectivity index (χ1n) is 6.06. The summed E-state index contributed by atoms with van der Waals surface area (Å²) in [6.45, 7) is 1.50. The summed E-state index contributed by atoms with van der Waals surface area (Å²) in [4.78, 5) is 13.9. The van der Waals surface area contributed by atoms with E-state index in [9.17, 15) is 4.79 Å². The van der Waals surface area contributed by atoms with Gasteiger partial charge in [-0.15, -0.1) is 17.5 Å². The molecule has 7 heteroatoms. The summed E-state index contributed by atoms with van der Waals surface area (Å²) in [6, 6.07) is 7.44. The zero-order chi connectivity index (χ0) is 13.4. The molecule has 20 heavy (non-hydrogen) atoms. The van der Waals surface area contributed by atoms with Gasteiger partial charge in [0.15, 0.2) is 5.52 Å². The van der Waals surface area contributed by atoms with Crippen molar-refractivity contribution >= 4 is 34.4 Å². The van der Waals surface area contributed by atoms with Gasteiger partial charge in [-0.2, -0.15) is 0 Å². The van der Waals surface area contributed by atoms with Crippen molar-refractivity contribution < 1.29 is 4.42 Å². The molecule has 6 nitrogen and oxygen atoms in total. The number of hydrogen-bond donors (Lipinski definition) is 0. The van der Waals surface area contributed by atoms with Crippen molar-refractivity contribution in [2.24, 2.45) is 0 Å². The van der Waals surface area contributed by atoms with Crippen LogP contribution in [0.4, 0.5) is 0 Å². The lowest BCUT2D eigenvalue weighted by Gasteiger charge is -2.09. The SMILES string of the molecule is CN(C)CCn1nnc2c(=O)oc3ccccc3c21.Cl. The van der Waals surface area contributed by atoms with Gasteiger partial charge in [0, 0.05) is 11.9 Å². The zero-order valence-corrected chi connectivity index (χ0v) is 12.1. The summed E-state index contributed by atoms with van der Waals surface area (Å²) in [7, 11) is 3.98. The van der Waals surface area contributed by atoms with Crippen LogP contribution >= 0.6 is 12.4 Å². The number of para-hydroxylation sites is 1. The summed E-state index contributed by atoms with van der Waals surface area (Å²) in [5, 5.41) is 8.85. The van der Waals surface area contributed by atoms with Crippen LogP contribution in [0.25, 0.3) is 22.0 Å². The molecule has 0 aliphatic rings. The van der Waals surface area contributed by atoms with Crippen molar-refractivity contribution in [1.29, 1.82) is 0 Å². The predicted molar refractivity (Wildman–Crippen MR) is 79.4 cm³/mol. The minimum Gasteiger partial charge on any atom is -0.421 e. The highest BCUT2D eigenvalue weighted by molar-refractivity contribution is 6.00. The minimum absolute atomic E-state index is 0. The maximum atomic E-state index is 11.9. The van der Waals surface area contributed by atoms with Gasteiger partial charge in [0.1, 0.15) is 11.1 Å². The third-order valence-corrected chi connectivity index (χ3v) is 3.03. The summed E-state index contributed by atoms with van der Waals surface area (Å²) >= 11 is 0. The molecule has 0 amide bonds. The smallest absolute Gasteiger partial charge is 0.366 e. The van der Waals surface area contributed by atoms with E-state index >= 15 is 0 Å². The normalized spacial score (nSPS) is 11.2. The molecular formula is C13H15ClN4O2. The number of aromatic nitrogens is 3. The molecule has 1 aromatic carbocycles. The fourth-order valence-electron chi connectivity index (χ4n) is 2.07.